The zero-order valence-electron chi connectivity index (χ0n) is 14.9. The highest BCUT2D eigenvalue weighted by Crippen LogP contribution is 2.35. The molecule has 1 aliphatic heterocycles. The molecular weight excluding hydrogens is 362 g/mol. The molecule has 2 aliphatic rings. The molecule has 0 spiro atoms. The van der Waals surface area contributed by atoms with Crippen molar-refractivity contribution in [2.24, 2.45) is 11.8 Å². The fourth-order valence-electron chi connectivity index (χ4n) is 3.61. The minimum atomic E-state index is -0.344. The standard InChI is InChI=1S/C20H19N3O3S/c1-13-12-27-20(21-13)23(14-7-3-2-4-8-14)17(24)11-22-18(25)15-9-5-6-10-16(15)19(22)26/h2-8,12,15-16H,9-11H2,1H3/t15-,16-/m0/s1. The van der Waals surface area contributed by atoms with E-state index >= 15 is 0 Å². The molecule has 1 fully saturated rings. The van der Waals surface area contributed by atoms with Crippen LogP contribution in [-0.2, 0) is 14.4 Å². The maximum Gasteiger partial charge on any atom is 0.253 e. The van der Waals surface area contributed by atoms with Crippen LogP contribution in [0.5, 0.6) is 0 Å². The van der Waals surface area contributed by atoms with E-state index in [0.29, 0.717) is 23.7 Å². The Bertz CT molecular complexity index is 896. The molecule has 1 aromatic carbocycles. The third-order valence-corrected chi connectivity index (χ3v) is 5.90. The van der Waals surface area contributed by atoms with Crippen molar-refractivity contribution in [1.29, 1.82) is 0 Å². The molecule has 6 nitrogen and oxygen atoms in total. The van der Waals surface area contributed by atoms with E-state index in [4.69, 9.17) is 0 Å². The van der Waals surface area contributed by atoms with Gasteiger partial charge in [0.05, 0.1) is 23.2 Å². The molecule has 3 amide bonds. The first-order chi connectivity index (χ1) is 13.1. The molecular formula is C20H19N3O3S. The van der Waals surface area contributed by atoms with Gasteiger partial charge in [-0.2, -0.15) is 0 Å². The SMILES string of the molecule is Cc1csc(N(C(=O)CN2C(=O)[C@H]3CC=CC[C@@H]3C2=O)c2ccccc2)n1. The van der Waals surface area contributed by atoms with Crippen molar-refractivity contribution in [2.45, 2.75) is 19.8 Å². The van der Waals surface area contributed by atoms with Gasteiger partial charge in [-0.05, 0) is 31.9 Å². The molecule has 1 saturated heterocycles. The van der Waals surface area contributed by atoms with E-state index in [2.05, 4.69) is 4.98 Å². The number of para-hydroxylation sites is 1. The van der Waals surface area contributed by atoms with E-state index in [1.807, 2.05) is 54.8 Å². The van der Waals surface area contributed by atoms with Crippen LogP contribution in [-0.4, -0.2) is 34.2 Å². The Labute approximate surface area is 161 Å². The minimum absolute atomic E-state index is 0.244. The number of nitrogens with zero attached hydrogens (tertiary/aromatic N) is 3. The quantitative estimate of drug-likeness (QED) is 0.603. The number of aryl methyl sites for hydroxylation is 1. The van der Waals surface area contributed by atoms with Crippen LogP contribution >= 0.6 is 11.3 Å². The summed E-state index contributed by atoms with van der Waals surface area (Å²) in [6.07, 6.45) is 5.00. The fraction of sp³-hybridized carbons (Fsp3) is 0.300. The fourth-order valence-corrected chi connectivity index (χ4v) is 4.45. The summed E-state index contributed by atoms with van der Waals surface area (Å²) in [4.78, 5) is 45.5. The summed E-state index contributed by atoms with van der Waals surface area (Å²) in [6, 6.07) is 9.16. The lowest BCUT2D eigenvalue weighted by molar-refractivity contribution is -0.143. The van der Waals surface area contributed by atoms with Crippen molar-refractivity contribution in [3.05, 3.63) is 53.6 Å². The number of rotatable bonds is 4. The van der Waals surface area contributed by atoms with Crippen molar-refractivity contribution in [3.63, 3.8) is 0 Å². The summed E-state index contributed by atoms with van der Waals surface area (Å²) >= 11 is 1.36. The number of hydrogen-bond donors (Lipinski definition) is 0. The second-order valence-corrected chi connectivity index (χ2v) is 7.59. The number of carbonyl (C=O) groups is 3. The molecule has 7 heteroatoms. The van der Waals surface area contributed by atoms with Crippen LogP contribution in [0.4, 0.5) is 10.8 Å². The predicted molar refractivity (Wildman–Crippen MR) is 103 cm³/mol. The number of amides is 3. The first-order valence-electron chi connectivity index (χ1n) is 8.86. The first kappa shape index (κ1) is 17.6. The minimum Gasteiger partial charge on any atom is -0.274 e. The van der Waals surface area contributed by atoms with Crippen molar-refractivity contribution >= 4 is 39.9 Å². The summed E-state index contributed by atoms with van der Waals surface area (Å²) in [5.74, 6) is -1.49. The van der Waals surface area contributed by atoms with Crippen molar-refractivity contribution in [1.82, 2.24) is 9.88 Å². The third-order valence-electron chi connectivity index (χ3n) is 4.95. The zero-order chi connectivity index (χ0) is 19.0. The van der Waals surface area contributed by atoms with Gasteiger partial charge < -0.3 is 0 Å². The second-order valence-electron chi connectivity index (χ2n) is 6.75. The Balaban J connectivity index is 1.61. The van der Waals surface area contributed by atoms with Crippen LogP contribution < -0.4 is 4.90 Å². The number of aromatic nitrogens is 1. The van der Waals surface area contributed by atoms with Crippen molar-refractivity contribution < 1.29 is 14.4 Å². The first-order valence-corrected chi connectivity index (χ1v) is 9.74. The van der Waals surface area contributed by atoms with Gasteiger partial charge in [0.1, 0.15) is 6.54 Å². The Morgan fingerprint density at radius 2 is 1.78 bits per heavy atom. The highest BCUT2D eigenvalue weighted by Gasteiger charge is 2.48. The Morgan fingerprint density at radius 1 is 1.15 bits per heavy atom. The van der Waals surface area contributed by atoms with Crippen LogP contribution in [0.2, 0.25) is 0 Å². The summed E-state index contributed by atoms with van der Waals surface area (Å²) in [7, 11) is 0. The number of likely N-dealkylation sites (tertiary alicyclic amines) is 1. The number of thiazole rings is 1. The molecule has 2 aromatic rings. The lowest BCUT2D eigenvalue weighted by atomic mass is 9.85. The molecule has 0 unspecified atom stereocenters. The maximum atomic E-state index is 13.1. The summed E-state index contributed by atoms with van der Waals surface area (Å²) in [6.45, 7) is 1.59. The van der Waals surface area contributed by atoms with Crippen molar-refractivity contribution in [3.8, 4) is 0 Å². The summed E-state index contributed by atoms with van der Waals surface area (Å²) in [5.41, 5.74) is 1.48. The highest BCUT2D eigenvalue weighted by molar-refractivity contribution is 7.14. The van der Waals surface area contributed by atoms with Gasteiger partial charge in [0.25, 0.3) is 5.91 Å². The topological polar surface area (TPSA) is 70.6 Å². The lowest BCUT2D eigenvalue weighted by Gasteiger charge is -2.23. The number of anilines is 2. The molecule has 0 bridgehead atoms. The van der Waals surface area contributed by atoms with Gasteiger partial charge in [-0.1, -0.05) is 30.4 Å². The molecule has 1 aromatic heterocycles. The summed E-state index contributed by atoms with van der Waals surface area (Å²) in [5, 5.41) is 2.40. The van der Waals surface area contributed by atoms with Gasteiger partial charge in [0.2, 0.25) is 11.8 Å². The average Bonchev–Trinajstić information content (AvgIpc) is 3.20. The van der Waals surface area contributed by atoms with E-state index in [1.165, 1.54) is 16.2 Å². The smallest absolute Gasteiger partial charge is 0.253 e. The molecule has 2 atom stereocenters. The van der Waals surface area contributed by atoms with Crippen LogP contribution in [0, 0.1) is 18.8 Å². The van der Waals surface area contributed by atoms with E-state index in [1.54, 1.807) is 0 Å². The number of imide groups is 1. The van der Waals surface area contributed by atoms with Gasteiger partial charge in [0.15, 0.2) is 5.13 Å². The van der Waals surface area contributed by atoms with Crippen LogP contribution in [0.15, 0.2) is 47.9 Å². The van der Waals surface area contributed by atoms with Gasteiger partial charge >= 0.3 is 0 Å². The zero-order valence-corrected chi connectivity index (χ0v) is 15.7. The molecule has 0 radical (unpaired) electrons. The summed E-state index contributed by atoms with van der Waals surface area (Å²) < 4.78 is 0. The molecule has 0 N–H and O–H groups in total. The number of benzene rings is 1. The van der Waals surface area contributed by atoms with Gasteiger partial charge in [-0.3, -0.25) is 24.2 Å². The van der Waals surface area contributed by atoms with Gasteiger partial charge in [-0.15, -0.1) is 11.3 Å². The lowest BCUT2D eigenvalue weighted by Crippen LogP contribution is -2.41. The monoisotopic (exact) mass is 381 g/mol. The van der Waals surface area contributed by atoms with Gasteiger partial charge in [0, 0.05) is 5.38 Å². The molecule has 27 heavy (non-hydrogen) atoms. The van der Waals surface area contributed by atoms with Crippen LogP contribution in [0.3, 0.4) is 0 Å². The van der Waals surface area contributed by atoms with Crippen LogP contribution in [0.25, 0.3) is 0 Å². The normalized spacial score (nSPS) is 21.4. The molecule has 2 heterocycles. The maximum absolute atomic E-state index is 13.1. The number of allylic oxidation sites excluding steroid dienone is 2. The Hall–Kier alpha value is -2.80. The van der Waals surface area contributed by atoms with E-state index < -0.39 is 0 Å². The van der Waals surface area contributed by atoms with E-state index in [0.717, 1.165) is 10.6 Å². The molecule has 4 rings (SSSR count). The molecule has 0 saturated carbocycles. The Morgan fingerprint density at radius 3 is 2.33 bits per heavy atom. The number of hydrogen-bond acceptors (Lipinski definition) is 5. The second kappa shape index (κ2) is 7.08. The third kappa shape index (κ3) is 3.19. The highest BCUT2D eigenvalue weighted by atomic mass is 32.1. The molecule has 1 aliphatic carbocycles. The largest absolute Gasteiger partial charge is 0.274 e. The number of carbonyl (C=O) groups excluding carboxylic acids is 3. The molecule has 138 valence electrons. The average molecular weight is 381 g/mol. The van der Waals surface area contributed by atoms with Gasteiger partial charge in [-0.25, -0.2) is 4.98 Å². The van der Waals surface area contributed by atoms with E-state index in [-0.39, 0.29) is 36.1 Å². The number of fused-ring (bicyclic) bond motifs is 1. The van der Waals surface area contributed by atoms with Crippen LogP contribution in [0.1, 0.15) is 18.5 Å². The van der Waals surface area contributed by atoms with E-state index in [9.17, 15) is 14.4 Å². The Kier molecular flexibility index (Phi) is 4.61. The van der Waals surface area contributed by atoms with Crippen molar-refractivity contribution in [2.75, 3.05) is 11.4 Å². The predicted octanol–water partition coefficient (Wildman–Crippen LogP) is 3.07.